The maximum Gasteiger partial charge on any atom is 0.329 e. The number of carbonyl (C=O) groups is 2. The van der Waals surface area contributed by atoms with Gasteiger partial charge in [-0.3, -0.25) is 4.79 Å². The molecular weight excluding hydrogens is 234 g/mol. The van der Waals surface area contributed by atoms with E-state index in [4.69, 9.17) is 9.52 Å². The van der Waals surface area contributed by atoms with Gasteiger partial charge in [-0.05, 0) is 25.8 Å². The van der Waals surface area contributed by atoms with Crippen molar-refractivity contribution in [2.24, 2.45) is 0 Å². The standard InChI is InChI=1S/C13H17NO4/c1-7(2)10-6-9(8(3)18-10)11(15)14-13(4-5-13)12(16)17/h6-7H,4-5H2,1-3H3,(H,14,15)(H,16,17). The fourth-order valence-corrected chi connectivity index (χ4v) is 1.82. The molecule has 2 N–H and O–H groups in total. The molecule has 0 unspecified atom stereocenters. The van der Waals surface area contributed by atoms with Crippen LogP contribution in [0, 0.1) is 6.92 Å². The molecule has 1 saturated carbocycles. The molecule has 1 aromatic rings. The second-order valence-electron chi connectivity index (χ2n) is 5.11. The largest absolute Gasteiger partial charge is 0.480 e. The Morgan fingerprint density at radius 3 is 2.44 bits per heavy atom. The number of hydrogen-bond donors (Lipinski definition) is 2. The van der Waals surface area contributed by atoms with E-state index >= 15 is 0 Å². The van der Waals surface area contributed by atoms with Gasteiger partial charge in [0.15, 0.2) is 0 Å². The topological polar surface area (TPSA) is 79.5 Å². The molecule has 2 rings (SSSR count). The molecule has 18 heavy (non-hydrogen) atoms. The average molecular weight is 251 g/mol. The highest BCUT2D eigenvalue weighted by molar-refractivity contribution is 5.99. The van der Waals surface area contributed by atoms with Crippen LogP contribution in [0.15, 0.2) is 10.5 Å². The van der Waals surface area contributed by atoms with Crippen molar-refractivity contribution in [1.82, 2.24) is 5.32 Å². The molecule has 0 aliphatic heterocycles. The van der Waals surface area contributed by atoms with Gasteiger partial charge in [-0.2, -0.15) is 0 Å². The van der Waals surface area contributed by atoms with Crippen LogP contribution < -0.4 is 5.32 Å². The summed E-state index contributed by atoms with van der Waals surface area (Å²) in [6, 6.07) is 1.69. The number of furan rings is 1. The van der Waals surface area contributed by atoms with E-state index in [1.54, 1.807) is 13.0 Å². The second-order valence-corrected chi connectivity index (χ2v) is 5.11. The Hall–Kier alpha value is -1.78. The fraction of sp³-hybridized carbons (Fsp3) is 0.538. The maximum absolute atomic E-state index is 12.0. The minimum atomic E-state index is -1.06. The van der Waals surface area contributed by atoms with Gasteiger partial charge in [-0.25, -0.2) is 4.79 Å². The van der Waals surface area contributed by atoms with Crippen LogP contribution in [-0.2, 0) is 4.79 Å². The number of amides is 1. The molecule has 98 valence electrons. The summed E-state index contributed by atoms with van der Waals surface area (Å²) in [7, 11) is 0. The van der Waals surface area contributed by atoms with Crippen LogP contribution in [0.25, 0.3) is 0 Å². The summed E-state index contributed by atoms with van der Waals surface area (Å²) < 4.78 is 5.48. The molecule has 5 heteroatoms. The van der Waals surface area contributed by atoms with Crippen molar-refractivity contribution in [3.05, 3.63) is 23.2 Å². The van der Waals surface area contributed by atoms with Gasteiger partial charge < -0.3 is 14.8 Å². The summed E-state index contributed by atoms with van der Waals surface area (Å²) in [5.74, 6) is 0.110. The first kappa shape index (κ1) is 12.7. The van der Waals surface area contributed by atoms with Crippen molar-refractivity contribution in [2.75, 3.05) is 0 Å². The summed E-state index contributed by atoms with van der Waals surface area (Å²) in [6.07, 6.45) is 0.976. The zero-order chi connectivity index (χ0) is 13.5. The van der Waals surface area contributed by atoms with Crippen LogP contribution in [0.1, 0.15) is 54.5 Å². The van der Waals surface area contributed by atoms with Crippen LogP contribution in [-0.4, -0.2) is 22.5 Å². The highest BCUT2D eigenvalue weighted by Gasteiger charge is 2.51. The molecular formula is C13H17NO4. The lowest BCUT2D eigenvalue weighted by molar-refractivity contribution is -0.140. The van der Waals surface area contributed by atoms with Crippen molar-refractivity contribution in [3.63, 3.8) is 0 Å². The number of carbonyl (C=O) groups excluding carboxylic acids is 1. The van der Waals surface area contributed by atoms with E-state index in [2.05, 4.69) is 5.32 Å². The number of aryl methyl sites for hydroxylation is 1. The zero-order valence-corrected chi connectivity index (χ0v) is 10.7. The van der Waals surface area contributed by atoms with Crippen LogP contribution in [0.4, 0.5) is 0 Å². The van der Waals surface area contributed by atoms with Crippen molar-refractivity contribution >= 4 is 11.9 Å². The number of carboxylic acids is 1. The van der Waals surface area contributed by atoms with Crippen LogP contribution in [0.5, 0.6) is 0 Å². The molecule has 0 bridgehead atoms. The summed E-state index contributed by atoms with van der Waals surface area (Å²) in [4.78, 5) is 23.0. The summed E-state index contributed by atoms with van der Waals surface area (Å²) >= 11 is 0. The van der Waals surface area contributed by atoms with Gasteiger partial charge >= 0.3 is 5.97 Å². The average Bonchev–Trinajstić information content (AvgIpc) is 2.94. The SMILES string of the molecule is Cc1oc(C(C)C)cc1C(=O)NC1(C(=O)O)CC1. The van der Waals surface area contributed by atoms with E-state index < -0.39 is 11.5 Å². The Balaban J connectivity index is 2.17. The smallest absolute Gasteiger partial charge is 0.329 e. The quantitative estimate of drug-likeness (QED) is 0.858. The van der Waals surface area contributed by atoms with E-state index in [9.17, 15) is 9.59 Å². The molecule has 1 fully saturated rings. The number of carboxylic acid groups (broad SMARTS) is 1. The van der Waals surface area contributed by atoms with Gasteiger partial charge in [0, 0.05) is 5.92 Å². The van der Waals surface area contributed by atoms with E-state index in [1.165, 1.54) is 0 Å². The molecule has 0 aromatic carbocycles. The lowest BCUT2D eigenvalue weighted by Crippen LogP contribution is -2.43. The molecule has 0 spiro atoms. The molecule has 1 aliphatic carbocycles. The summed E-state index contributed by atoms with van der Waals surface area (Å²) in [6.45, 7) is 5.65. The van der Waals surface area contributed by atoms with Gasteiger partial charge in [-0.15, -0.1) is 0 Å². The normalized spacial score (nSPS) is 16.7. The first-order valence-corrected chi connectivity index (χ1v) is 6.02. The van der Waals surface area contributed by atoms with E-state index in [0.29, 0.717) is 24.2 Å². The predicted molar refractivity (Wildman–Crippen MR) is 64.6 cm³/mol. The first-order chi connectivity index (χ1) is 8.35. The number of nitrogens with one attached hydrogen (secondary N) is 1. The van der Waals surface area contributed by atoms with Gasteiger partial charge in [0.2, 0.25) is 0 Å². The minimum Gasteiger partial charge on any atom is -0.480 e. The van der Waals surface area contributed by atoms with Crippen molar-refractivity contribution < 1.29 is 19.1 Å². The molecule has 1 aromatic heterocycles. The number of hydrogen-bond acceptors (Lipinski definition) is 3. The first-order valence-electron chi connectivity index (χ1n) is 6.02. The van der Waals surface area contributed by atoms with Gasteiger partial charge in [0.05, 0.1) is 5.56 Å². The third-order valence-corrected chi connectivity index (χ3v) is 3.26. The van der Waals surface area contributed by atoms with Gasteiger partial charge in [0.25, 0.3) is 5.91 Å². The molecule has 1 aliphatic rings. The van der Waals surface area contributed by atoms with Crippen molar-refractivity contribution in [1.29, 1.82) is 0 Å². The van der Waals surface area contributed by atoms with Crippen molar-refractivity contribution in [3.8, 4) is 0 Å². The van der Waals surface area contributed by atoms with Crippen molar-refractivity contribution in [2.45, 2.75) is 45.1 Å². The molecule has 0 atom stereocenters. The fourth-order valence-electron chi connectivity index (χ4n) is 1.82. The number of rotatable bonds is 4. The molecule has 0 saturated heterocycles. The predicted octanol–water partition coefficient (Wildman–Crippen LogP) is 2.06. The van der Waals surface area contributed by atoms with E-state index in [-0.39, 0.29) is 11.8 Å². The second kappa shape index (κ2) is 4.15. The summed E-state index contributed by atoms with van der Waals surface area (Å²) in [5.41, 5.74) is -0.634. The Bertz CT molecular complexity index is 497. The Labute approximate surface area is 105 Å². The highest BCUT2D eigenvalue weighted by Crippen LogP contribution is 2.36. The lowest BCUT2D eigenvalue weighted by Gasteiger charge is -2.11. The lowest BCUT2D eigenvalue weighted by atomic mass is 10.1. The summed E-state index contributed by atoms with van der Waals surface area (Å²) in [5, 5.41) is 11.6. The highest BCUT2D eigenvalue weighted by atomic mass is 16.4. The van der Waals surface area contributed by atoms with Crippen LogP contribution in [0.3, 0.4) is 0 Å². The molecule has 1 amide bonds. The van der Waals surface area contributed by atoms with Crippen LogP contribution >= 0.6 is 0 Å². The Morgan fingerprint density at radius 1 is 1.44 bits per heavy atom. The Morgan fingerprint density at radius 2 is 2.06 bits per heavy atom. The van der Waals surface area contributed by atoms with E-state index in [1.807, 2.05) is 13.8 Å². The minimum absolute atomic E-state index is 0.194. The van der Waals surface area contributed by atoms with Gasteiger partial charge in [-0.1, -0.05) is 13.8 Å². The number of aliphatic carboxylic acids is 1. The Kier molecular flexibility index (Phi) is 2.92. The van der Waals surface area contributed by atoms with Crippen LogP contribution in [0.2, 0.25) is 0 Å². The zero-order valence-electron chi connectivity index (χ0n) is 10.7. The molecule has 1 heterocycles. The monoisotopic (exact) mass is 251 g/mol. The van der Waals surface area contributed by atoms with E-state index in [0.717, 1.165) is 5.76 Å². The molecule has 5 nitrogen and oxygen atoms in total. The maximum atomic E-state index is 12.0. The third-order valence-electron chi connectivity index (χ3n) is 3.26. The molecule has 0 radical (unpaired) electrons. The van der Waals surface area contributed by atoms with Gasteiger partial charge in [0.1, 0.15) is 17.1 Å². The third kappa shape index (κ3) is 2.12.